The van der Waals surface area contributed by atoms with Crippen molar-refractivity contribution in [2.45, 2.75) is 0 Å². The molecule has 0 aliphatic rings. The molecule has 0 unspecified atom stereocenters. The summed E-state index contributed by atoms with van der Waals surface area (Å²) in [6.45, 7) is 0. The van der Waals surface area contributed by atoms with Gasteiger partial charge in [0.05, 0.1) is 14.2 Å². The molecule has 1 amide bonds. The molecule has 8 nitrogen and oxygen atoms in total. The summed E-state index contributed by atoms with van der Waals surface area (Å²) >= 11 is 0. The first-order chi connectivity index (χ1) is 13.2. The molecule has 4 rings (SSSR count). The highest BCUT2D eigenvalue weighted by Crippen LogP contribution is 2.33. The van der Waals surface area contributed by atoms with Gasteiger partial charge in [0.1, 0.15) is 5.75 Å². The maximum absolute atomic E-state index is 12.3. The summed E-state index contributed by atoms with van der Waals surface area (Å²) in [5, 5.41) is 11.2. The lowest BCUT2D eigenvalue weighted by Crippen LogP contribution is -2.12. The minimum absolute atomic E-state index is 0.0368. The number of hydrogen-bond donors (Lipinski definition) is 1. The molecule has 0 fully saturated rings. The Morgan fingerprint density at radius 3 is 2.67 bits per heavy atom. The Bertz CT molecular complexity index is 1120. The molecule has 0 atom stereocenters. The third-order valence-electron chi connectivity index (χ3n) is 3.92. The summed E-state index contributed by atoms with van der Waals surface area (Å²) in [6, 6.07) is 14.0. The number of carbonyl (C=O) groups excluding carboxylic acids is 1. The molecule has 1 N–H and O–H groups in total. The molecule has 27 heavy (non-hydrogen) atoms. The van der Waals surface area contributed by atoms with Crippen LogP contribution in [-0.2, 0) is 0 Å². The monoisotopic (exact) mass is 365 g/mol. The van der Waals surface area contributed by atoms with Gasteiger partial charge < -0.3 is 18.3 Å². The number of anilines is 1. The first kappa shape index (κ1) is 16.6. The van der Waals surface area contributed by atoms with Gasteiger partial charge in [-0.25, -0.2) is 0 Å². The van der Waals surface area contributed by atoms with Gasteiger partial charge in [0.15, 0.2) is 17.1 Å². The summed E-state index contributed by atoms with van der Waals surface area (Å²) in [5.41, 5.74) is 0.984. The molecule has 136 valence electrons. The van der Waals surface area contributed by atoms with Crippen molar-refractivity contribution in [2.24, 2.45) is 0 Å². The number of hydrogen-bond acceptors (Lipinski definition) is 7. The van der Waals surface area contributed by atoms with Gasteiger partial charge >= 0.3 is 6.01 Å². The van der Waals surface area contributed by atoms with Crippen LogP contribution in [0, 0.1) is 0 Å². The van der Waals surface area contributed by atoms with Gasteiger partial charge in [0.25, 0.3) is 11.8 Å². The summed E-state index contributed by atoms with van der Waals surface area (Å²) < 4.78 is 21.6. The maximum atomic E-state index is 12.3. The van der Waals surface area contributed by atoms with Crippen molar-refractivity contribution in [3.05, 3.63) is 54.1 Å². The van der Waals surface area contributed by atoms with E-state index in [0.29, 0.717) is 28.4 Å². The number of carbonyl (C=O) groups is 1. The second-order valence-corrected chi connectivity index (χ2v) is 5.59. The van der Waals surface area contributed by atoms with Gasteiger partial charge in [-0.3, -0.25) is 10.1 Å². The Hall–Kier alpha value is -3.81. The topological polar surface area (TPSA) is 99.6 Å². The molecule has 2 aromatic carbocycles. The Morgan fingerprint density at radius 2 is 1.85 bits per heavy atom. The van der Waals surface area contributed by atoms with E-state index in [2.05, 4.69) is 15.5 Å². The molecular formula is C19H15N3O5. The number of ether oxygens (including phenoxy) is 2. The highest BCUT2D eigenvalue weighted by Gasteiger charge is 2.17. The van der Waals surface area contributed by atoms with E-state index in [-0.39, 0.29) is 11.9 Å². The Balaban J connectivity index is 1.57. The molecule has 0 aliphatic carbocycles. The van der Waals surface area contributed by atoms with Crippen molar-refractivity contribution in [2.75, 3.05) is 19.5 Å². The van der Waals surface area contributed by atoms with Crippen molar-refractivity contribution in [3.8, 4) is 23.1 Å². The molecule has 0 saturated heterocycles. The zero-order valence-corrected chi connectivity index (χ0v) is 14.6. The van der Waals surface area contributed by atoms with Gasteiger partial charge in [-0.2, -0.15) is 0 Å². The number of aromatic nitrogens is 2. The molecular weight excluding hydrogens is 350 g/mol. The Kier molecular flexibility index (Phi) is 4.21. The van der Waals surface area contributed by atoms with E-state index in [1.165, 1.54) is 7.11 Å². The van der Waals surface area contributed by atoms with Crippen LogP contribution in [0.15, 0.2) is 57.4 Å². The van der Waals surface area contributed by atoms with E-state index in [1.807, 2.05) is 12.1 Å². The van der Waals surface area contributed by atoms with E-state index < -0.39 is 5.91 Å². The number of fused-ring (bicyclic) bond motifs is 1. The van der Waals surface area contributed by atoms with Crippen molar-refractivity contribution in [1.29, 1.82) is 0 Å². The third-order valence-corrected chi connectivity index (χ3v) is 3.92. The van der Waals surface area contributed by atoms with Crippen molar-refractivity contribution in [3.63, 3.8) is 0 Å². The van der Waals surface area contributed by atoms with Gasteiger partial charge in [-0.15, -0.1) is 5.10 Å². The number of methoxy groups -OCH3 is 2. The van der Waals surface area contributed by atoms with Crippen molar-refractivity contribution in [1.82, 2.24) is 10.2 Å². The molecule has 0 bridgehead atoms. The number of para-hydroxylation sites is 1. The van der Waals surface area contributed by atoms with Crippen LogP contribution in [0.3, 0.4) is 0 Å². The van der Waals surface area contributed by atoms with E-state index in [0.717, 1.165) is 5.39 Å². The summed E-state index contributed by atoms with van der Waals surface area (Å²) in [6.07, 6.45) is 0. The van der Waals surface area contributed by atoms with E-state index in [4.69, 9.17) is 18.3 Å². The predicted octanol–water partition coefficient (Wildman–Crippen LogP) is 3.75. The van der Waals surface area contributed by atoms with Crippen LogP contribution < -0.4 is 14.8 Å². The number of furan rings is 1. The van der Waals surface area contributed by atoms with E-state index in [1.54, 1.807) is 43.5 Å². The number of nitrogens with zero attached hydrogens (tertiary/aromatic N) is 2. The zero-order chi connectivity index (χ0) is 18.8. The van der Waals surface area contributed by atoms with Crippen molar-refractivity contribution >= 4 is 22.9 Å². The van der Waals surface area contributed by atoms with Crippen molar-refractivity contribution < 1.29 is 23.1 Å². The molecule has 2 heterocycles. The second kappa shape index (κ2) is 6.83. The highest BCUT2D eigenvalue weighted by molar-refractivity contribution is 6.03. The lowest BCUT2D eigenvalue weighted by molar-refractivity contribution is 0.102. The second-order valence-electron chi connectivity index (χ2n) is 5.59. The number of benzene rings is 2. The summed E-state index contributed by atoms with van der Waals surface area (Å²) in [7, 11) is 3.10. The van der Waals surface area contributed by atoms with Crippen LogP contribution in [0.2, 0.25) is 0 Å². The minimum Gasteiger partial charge on any atom is -0.497 e. The minimum atomic E-state index is -0.393. The fourth-order valence-electron chi connectivity index (χ4n) is 2.61. The van der Waals surface area contributed by atoms with Gasteiger partial charge in [0.2, 0.25) is 0 Å². The number of nitrogens with one attached hydrogen (secondary N) is 1. The lowest BCUT2D eigenvalue weighted by Gasteiger charge is -2.03. The molecule has 0 aliphatic heterocycles. The molecule has 2 aromatic heterocycles. The van der Waals surface area contributed by atoms with Crippen LogP contribution in [0.25, 0.3) is 22.6 Å². The van der Waals surface area contributed by atoms with Gasteiger partial charge in [-0.1, -0.05) is 23.3 Å². The fourth-order valence-corrected chi connectivity index (χ4v) is 2.61. The molecule has 0 radical (unpaired) electrons. The largest absolute Gasteiger partial charge is 0.497 e. The number of rotatable bonds is 5. The van der Waals surface area contributed by atoms with Crippen LogP contribution in [0.4, 0.5) is 6.01 Å². The average Bonchev–Trinajstić information content (AvgIpc) is 3.34. The quantitative estimate of drug-likeness (QED) is 0.575. The SMILES string of the molecule is COc1cccc(C(=O)Nc2nnc(-c3cc4cccc(OC)c4o3)o2)c1. The maximum Gasteiger partial charge on any atom is 0.322 e. The molecule has 0 spiro atoms. The van der Waals surface area contributed by atoms with Gasteiger partial charge in [-0.05, 0) is 30.3 Å². The highest BCUT2D eigenvalue weighted by atomic mass is 16.5. The van der Waals surface area contributed by atoms with Crippen LogP contribution in [-0.4, -0.2) is 30.3 Å². The first-order valence-corrected chi connectivity index (χ1v) is 8.04. The Morgan fingerprint density at radius 1 is 1.00 bits per heavy atom. The molecule has 0 saturated carbocycles. The number of amides is 1. The van der Waals surface area contributed by atoms with E-state index >= 15 is 0 Å². The first-order valence-electron chi connectivity index (χ1n) is 8.04. The average molecular weight is 365 g/mol. The lowest BCUT2D eigenvalue weighted by atomic mass is 10.2. The third kappa shape index (κ3) is 3.20. The summed E-state index contributed by atoms with van der Waals surface area (Å²) in [4.78, 5) is 12.3. The van der Waals surface area contributed by atoms with E-state index in [9.17, 15) is 4.79 Å². The van der Waals surface area contributed by atoms with Crippen LogP contribution in [0.5, 0.6) is 11.5 Å². The smallest absolute Gasteiger partial charge is 0.322 e. The fraction of sp³-hybridized carbons (Fsp3) is 0.105. The van der Waals surface area contributed by atoms with Gasteiger partial charge in [0, 0.05) is 10.9 Å². The molecule has 8 heteroatoms. The normalized spacial score (nSPS) is 10.7. The predicted molar refractivity (Wildman–Crippen MR) is 97.0 cm³/mol. The van der Waals surface area contributed by atoms with Crippen LogP contribution >= 0.6 is 0 Å². The summed E-state index contributed by atoms with van der Waals surface area (Å²) in [5.74, 6) is 1.31. The Labute approximate surface area is 153 Å². The van der Waals surface area contributed by atoms with Crippen LogP contribution in [0.1, 0.15) is 10.4 Å². The standard InChI is InChI=1S/C19H15N3O5/c1-24-13-7-3-6-12(9-13)17(23)20-19-22-21-18(27-19)15-10-11-5-4-8-14(25-2)16(11)26-15/h3-10H,1-2H3,(H,20,22,23). The zero-order valence-electron chi connectivity index (χ0n) is 14.6. The molecule has 4 aromatic rings.